The smallest absolute Gasteiger partial charge is 0.312 e. The number of terminal acetylenes is 1. The molecule has 1 saturated heterocycles. The van der Waals surface area contributed by atoms with Crippen molar-refractivity contribution in [1.82, 2.24) is 9.80 Å². The van der Waals surface area contributed by atoms with Crippen molar-refractivity contribution in [3.05, 3.63) is 0 Å². The lowest BCUT2D eigenvalue weighted by atomic mass is 10.3. The van der Waals surface area contributed by atoms with E-state index in [1.807, 2.05) is 0 Å². The lowest BCUT2D eigenvalue weighted by molar-refractivity contribution is -0.144. The highest BCUT2D eigenvalue weighted by Gasteiger charge is 2.21. The van der Waals surface area contributed by atoms with Crippen LogP contribution < -0.4 is 0 Å². The monoisotopic (exact) mass is 210 g/mol. The van der Waals surface area contributed by atoms with Gasteiger partial charge in [0.05, 0.1) is 6.54 Å². The van der Waals surface area contributed by atoms with Crippen LogP contribution in [0.2, 0.25) is 0 Å². The van der Waals surface area contributed by atoms with Crippen molar-refractivity contribution in [3.8, 4) is 12.3 Å². The minimum atomic E-state index is -1.08. The molecule has 1 aliphatic rings. The summed E-state index contributed by atoms with van der Waals surface area (Å²) in [4.78, 5) is 25.3. The third-order valence-corrected chi connectivity index (χ3v) is 2.34. The van der Waals surface area contributed by atoms with Crippen molar-refractivity contribution in [2.24, 2.45) is 0 Å². The summed E-state index contributed by atoms with van der Waals surface area (Å²) in [5.41, 5.74) is 0. The maximum absolute atomic E-state index is 11.4. The minimum absolute atomic E-state index is 0.317. The summed E-state index contributed by atoms with van der Waals surface area (Å²) in [5, 5.41) is 8.47. The van der Waals surface area contributed by atoms with E-state index in [4.69, 9.17) is 11.5 Å². The Morgan fingerprint density at radius 2 is 1.87 bits per heavy atom. The van der Waals surface area contributed by atoms with Crippen molar-refractivity contribution in [2.75, 3.05) is 32.7 Å². The van der Waals surface area contributed by atoms with E-state index in [1.54, 1.807) is 4.90 Å². The molecule has 1 amide bonds. The fourth-order valence-electron chi connectivity index (χ4n) is 1.53. The molecule has 15 heavy (non-hydrogen) atoms. The molecular formula is C10H14N2O3. The number of piperazine rings is 1. The first-order chi connectivity index (χ1) is 7.13. The third-order valence-electron chi connectivity index (χ3n) is 2.34. The van der Waals surface area contributed by atoms with E-state index in [1.165, 1.54) is 0 Å². The standard InChI is InChI=1S/C10H14N2O3/c1-2-3-11-4-6-12(7-5-11)9(13)8-10(14)15/h1H,3-8H2,(H,14,15). The van der Waals surface area contributed by atoms with Gasteiger partial charge in [-0.05, 0) is 0 Å². The highest BCUT2D eigenvalue weighted by atomic mass is 16.4. The van der Waals surface area contributed by atoms with Crippen LogP contribution in [0.5, 0.6) is 0 Å². The zero-order valence-corrected chi connectivity index (χ0v) is 8.48. The van der Waals surface area contributed by atoms with E-state index >= 15 is 0 Å². The van der Waals surface area contributed by atoms with Crippen LogP contribution in [0, 0.1) is 12.3 Å². The Bertz CT molecular complexity index is 288. The van der Waals surface area contributed by atoms with Gasteiger partial charge in [0.25, 0.3) is 0 Å². The molecule has 0 unspecified atom stereocenters. The molecule has 0 atom stereocenters. The van der Waals surface area contributed by atoms with Crippen LogP contribution in [0.15, 0.2) is 0 Å². The number of rotatable bonds is 3. The van der Waals surface area contributed by atoms with Crippen LogP contribution in [0.1, 0.15) is 6.42 Å². The van der Waals surface area contributed by atoms with Crippen molar-refractivity contribution in [3.63, 3.8) is 0 Å². The first kappa shape index (κ1) is 11.5. The van der Waals surface area contributed by atoms with E-state index in [-0.39, 0.29) is 5.91 Å². The summed E-state index contributed by atoms with van der Waals surface area (Å²) in [6.07, 6.45) is 4.75. The number of carboxylic acid groups (broad SMARTS) is 1. The first-order valence-electron chi connectivity index (χ1n) is 4.79. The quantitative estimate of drug-likeness (QED) is 0.491. The molecular weight excluding hydrogens is 196 g/mol. The largest absolute Gasteiger partial charge is 0.481 e. The predicted molar refractivity (Wildman–Crippen MR) is 54.1 cm³/mol. The number of hydrogen-bond donors (Lipinski definition) is 1. The average molecular weight is 210 g/mol. The van der Waals surface area contributed by atoms with Gasteiger partial charge in [-0.1, -0.05) is 5.92 Å². The normalized spacial score (nSPS) is 17.1. The van der Waals surface area contributed by atoms with Gasteiger partial charge < -0.3 is 10.0 Å². The molecule has 82 valence electrons. The molecule has 0 spiro atoms. The van der Waals surface area contributed by atoms with Gasteiger partial charge in [0.1, 0.15) is 6.42 Å². The Morgan fingerprint density at radius 1 is 1.27 bits per heavy atom. The number of carbonyl (C=O) groups excluding carboxylic acids is 1. The van der Waals surface area contributed by atoms with Gasteiger partial charge in [-0.25, -0.2) is 0 Å². The minimum Gasteiger partial charge on any atom is -0.481 e. The second-order valence-electron chi connectivity index (χ2n) is 3.43. The summed E-state index contributed by atoms with van der Waals surface area (Å²) in [7, 11) is 0. The molecule has 0 radical (unpaired) electrons. The van der Waals surface area contributed by atoms with E-state index in [0.29, 0.717) is 19.6 Å². The van der Waals surface area contributed by atoms with Crippen molar-refractivity contribution in [2.45, 2.75) is 6.42 Å². The Balaban J connectivity index is 2.34. The molecule has 0 aromatic carbocycles. The van der Waals surface area contributed by atoms with Crippen LogP contribution in [0.25, 0.3) is 0 Å². The van der Waals surface area contributed by atoms with Crippen LogP contribution >= 0.6 is 0 Å². The fourth-order valence-corrected chi connectivity index (χ4v) is 1.53. The van der Waals surface area contributed by atoms with E-state index < -0.39 is 12.4 Å². The Kier molecular flexibility index (Phi) is 4.13. The SMILES string of the molecule is C#CCN1CCN(C(=O)CC(=O)O)CC1. The van der Waals surface area contributed by atoms with E-state index in [2.05, 4.69) is 10.8 Å². The van der Waals surface area contributed by atoms with Gasteiger partial charge in [-0.3, -0.25) is 14.5 Å². The second kappa shape index (κ2) is 5.37. The molecule has 1 heterocycles. The predicted octanol–water partition coefficient (Wildman–Crippen LogP) is -0.761. The van der Waals surface area contributed by atoms with Gasteiger partial charge in [-0.15, -0.1) is 6.42 Å². The molecule has 0 aromatic rings. The Morgan fingerprint density at radius 3 is 2.33 bits per heavy atom. The number of amides is 1. The molecule has 5 nitrogen and oxygen atoms in total. The fraction of sp³-hybridized carbons (Fsp3) is 0.600. The molecule has 0 aromatic heterocycles. The van der Waals surface area contributed by atoms with Crippen LogP contribution in [0.4, 0.5) is 0 Å². The number of carboxylic acids is 1. The molecule has 1 rings (SSSR count). The van der Waals surface area contributed by atoms with Gasteiger partial charge in [0, 0.05) is 26.2 Å². The van der Waals surface area contributed by atoms with Gasteiger partial charge in [0.2, 0.25) is 5.91 Å². The number of nitrogens with zero attached hydrogens (tertiary/aromatic N) is 2. The Hall–Kier alpha value is -1.54. The highest BCUT2D eigenvalue weighted by molar-refractivity contribution is 5.93. The number of carbonyl (C=O) groups is 2. The first-order valence-corrected chi connectivity index (χ1v) is 4.79. The van der Waals surface area contributed by atoms with Crippen molar-refractivity contribution >= 4 is 11.9 Å². The average Bonchev–Trinajstić information content (AvgIpc) is 2.18. The lowest BCUT2D eigenvalue weighted by Crippen LogP contribution is -2.49. The second-order valence-corrected chi connectivity index (χ2v) is 3.43. The molecule has 0 saturated carbocycles. The third kappa shape index (κ3) is 3.60. The highest BCUT2D eigenvalue weighted by Crippen LogP contribution is 2.03. The van der Waals surface area contributed by atoms with Crippen LogP contribution in [-0.4, -0.2) is 59.5 Å². The molecule has 1 N–H and O–H groups in total. The topological polar surface area (TPSA) is 60.9 Å². The summed E-state index contributed by atoms with van der Waals surface area (Å²) >= 11 is 0. The maximum Gasteiger partial charge on any atom is 0.312 e. The summed E-state index contributed by atoms with van der Waals surface area (Å²) < 4.78 is 0. The van der Waals surface area contributed by atoms with Crippen molar-refractivity contribution in [1.29, 1.82) is 0 Å². The molecule has 1 aliphatic heterocycles. The lowest BCUT2D eigenvalue weighted by Gasteiger charge is -2.33. The van der Waals surface area contributed by atoms with Gasteiger partial charge in [0.15, 0.2) is 0 Å². The van der Waals surface area contributed by atoms with E-state index in [0.717, 1.165) is 13.1 Å². The van der Waals surface area contributed by atoms with Gasteiger partial charge in [-0.2, -0.15) is 0 Å². The number of aliphatic carboxylic acids is 1. The molecule has 5 heteroatoms. The molecule has 0 aliphatic carbocycles. The molecule has 1 fully saturated rings. The molecule has 0 bridgehead atoms. The van der Waals surface area contributed by atoms with Gasteiger partial charge >= 0.3 is 5.97 Å². The number of hydrogen-bond acceptors (Lipinski definition) is 3. The zero-order chi connectivity index (χ0) is 11.3. The van der Waals surface area contributed by atoms with Crippen LogP contribution in [0.3, 0.4) is 0 Å². The summed E-state index contributed by atoms with van der Waals surface area (Å²) in [5.74, 6) is 1.15. The maximum atomic E-state index is 11.4. The van der Waals surface area contributed by atoms with Crippen LogP contribution in [-0.2, 0) is 9.59 Å². The Labute approximate surface area is 88.7 Å². The summed E-state index contributed by atoms with van der Waals surface area (Å²) in [6, 6.07) is 0. The van der Waals surface area contributed by atoms with Crippen molar-refractivity contribution < 1.29 is 14.7 Å². The van der Waals surface area contributed by atoms with E-state index in [9.17, 15) is 9.59 Å². The zero-order valence-electron chi connectivity index (χ0n) is 8.48. The summed E-state index contributed by atoms with van der Waals surface area (Å²) in [6.45, 7) is 3.15.